The molecule has 1 aliphatic carbocycles. The molecule has 9 nitrogen and oxygen atoms in total. The highest BCUT2D eigenvalue weighted by molar-refractivity contribution is 6.01. The number of hydrogen-bond donors (Lipinski definition) is 3. The summed E-state index contributed by atoms with van der Waals surface area (Å²) in [6.45, 7) is 1.54. The van der Waals surface area contributed by atoms with Gasteiger partial charge in [-0.3, -0.25) is 20.4 Å². The molecule has 2 aromatic carbocycles. The topological polar surface area (TPSA) is 124 Å². The first-order valence-electron chi connectivity index (χ1n) is 12.8. The van der Waals surface area contributed by atoms with Gasteiger partial charge in [-0.2, -0.15) is 0 Å². The number of fused-ring (bicyclic) bond motifs is 1. The van der Waals surface area contributed by atoms with Gasteiger partial charge in [0, 0.05) is 35.5 Å². The van der Waals surface area contributed by atoms with E-state index in [2.05, 4.69) is 32.7 Å². The molecule has 1 aliphatic rings. The van der Waals surface area contributed by atoms with Crippen LogP contribution in [0.1, 0.15) is 38.6 Å². The number of aromatic nitrogens is 3. The van der Waals surface area contributed by atoms with E-state index < -0.39 is 17.6 Å². The summed E-state index contributed by atoms with van der Waals surface area (Å²) in [5, 5.41) is 0.588. The first kappa shape index (κ1) is 26.4. The molecule has 1 fully saturated rings. The van der Waals surface area contributed by atoms with E-state index in [0.717, 1.165) is 18.4 Å². The largest absolute Gasteiger partial charge is 0.457 e. The molecule has 40 heavy (non-hydrogen) atoms. The van der Waals surface area contributed by atoms with Crippen molar-refractivity contribution in [2.75, 3.05) is 5.73 Å². The van der Waals surface area contributed by atoms with Gasteiger partial charge in [0.05, 0.1) is 5.39 Å². The van der Waals surface area contributed by atoms with Crippen molar-refractivity contribution in [2.24, 2.45) is 0 Å². The van der Waals surface area contributed by atoms with E-state index in [1.807, 2.05) is 29.0 Å². The van der Waals surface area contributed by atoms with Gasteiger partial charge in [-0.15, -0.1) is 0 Å². The molecule has 10 heteroatoms. The minimum atomic E-state index is -0.579. The number of benzene rings is 2. The van der Waals surface area contributed by atoms with E-state index in [1.165, 1.54) is 25.4 Å². The van der Waals surface area contributed by atoms with Gasteiger partial charge in [-0.05, 0) is 62.8 Å². The SMILES string of the molecule is CC#CC(=O)NNC(=O)C=C1CCC(n2cc(-c3ccc(Oc4ccccc4)cc3F)c3c(N)ncnc32)CC1. The van der Waals surface area contributed by atoms with Gasteiger partial charge < -0.3 is 15.0 Å². The Morgan fingerprint density at radius 2 is 1.85 bits per heavy atom. The Hall–Kier alpha value is -5.17. The van der Waals surface area contributed by atoms with Crippen molar-refractivity contribution in [3.05, 3.63) is 78.5 Å². The summed E-state index contributed by atoms with van der Waals surface area (Å²) >= 11 is 0. The zero-order valence-corrected chi connectivity index (χ0v) is 21.8. The second kappa shape index (κ2) is 11.7. The number of para-hydroxylation sites is 1. The summed E-state index contributed by atoms with van der Waals surface area (Å²) in [4.78, 5) is 32.2. The summed E-state index contributed by atoms with van der Waals surface area (Å²) < 4.78 is 23.2. The Morgan fingerprint density at radius 1 is 1.07 bits per heavy atom. The van der Waals surface area contributed by atoms with Crippen molar-refractivity contribution in [2.45, 2.75) is 38.6 Å². The van der Waals surface area contributed by atoms with Crippen LogP contribution in [0.5, 0.6) is 11.5 Å². The van der Waals surface area contributed by atoms with Crippen molar-refractivity contribution in [3.63, 3.8) is 0 Å². The summed E-state index contributed by atoms with van der Waals surface area (Å²) in [5.41, 5.74) is 13.4. The Labute approximate surface area is 230 Å². The van der Waals surface area contributed by atoms with Crippen LogP contribution in [-0.2, 0) is 9.59 Å². The van der Waals surface area contributed by atoms with Crippen LogP contribution in [0.25, 0.3) is 22.2 Å². The molecular formula is C30H27FN6O3. The maximum Gasteiger partial charge on any atom is 0.314 e. The Kier molecular flexibility index (Phi) is 7.73. The molecule has 4 aromatic rings. The normalized spacial score (nSPS) is 14.7. The fraction of sp³-hybridized carbons (Fsp3) is 0.200. The first-order chi connectivity index (χ1) is 19.4. The Balaban J connectivity index is 1.36. The average Bonchev–Trinajstić information content (AvgIpc) is 3.34. The number of hydrogen-bond acceptors (Lipinski definition) is 6. The van der Waals surface area contributed by atoms with Gasteiger partial charge in [0.1, 0.15) is 35.1 Å². The summed E-state index contributed by atoms with van der Waals surface area (Å²) in [5.74, 6) is 4.57. The molecule has 2 heterocycles. The third-order valence-electron chi connectivity index (χ3n) is 6.71. The third-order valence-corrected chi connectivity index (χ3v) is 6.71. The number of halogens is 1. The quantitative estimate of drug-likeness (QED) is 0.190. The van der Waals surface area contributed by atoms with E-state index >= 15 is 4.39 Å². The maximum absolute atomic E-state index is 15.4. The average molecular weight is 539 g/mol. The van der Waals surface area contributed by atoms with Crippen molar-refractivity contribution < 1.29 is 18.7 Å². The van der Waals surface area contributed by atoms with Crippen LogP contribution in [0.3, 0.4) is 0 Å². The molecule has 0 bridgehead atoms. The molecule has 1 saturated carbocycles. The second-order valence-electron chi connectivity index (χ2n) is 9.32. The van der Waals surface area contributed by atoms with E-state index in [1.54, 1.807) is 24.3 Å². The van der Waals surface area contributed by atoms with Gasteiger partial charge in [-0.25, -0.2) is 14.4 Å². The number of amides is 2. The summed E-state index contributed by atoms with van der Waals surface area (Å²) in [6.07, 6.45) is 7.62. The number of anilines is 1. The minimum absolute atomic E-state index is 0.0639. The monoisotopic (exact) mass is 538 g/mol. The zero-order chi connectivity index (χ0) is 28.1. The number of nitrogens with one attached hydrogen (secondary N) is 2. The number of rotatable bonds is 5. The van der Waals surface area contributed by atoms with Crippen LogP contribution >= 0.6 is 0 Å². The first-order valence-corrected chi connectivity index (χ1v) is 12.8. The van der Waals surface area contributed by atoms with Gasteiger partial charge in [0.25, 0.3) is 5.91 Å². The number of nitrogens with zero attached hydrogens (tertiary/aromatic N) is 3. The Morgan fingerprint density at radius 3 is 2.58 bits per heavy atom. The molecule has 0 aliphatic heterocycles. The summed E-state index contributed by atoms with van der Waals surface area (Å²) in [6, 6.07) is 14.0. The van der Waals surface area contributed by atoms with E-state index in [9.17, 15) is 9.59 Å². The number of allylic oxidation sites excluding steroid dienone is 1. The molecule has 4 N–H and O–H groups in total. The molecule has 0 atom stereocenters. The molecule has 2 aromatic heterocycles. The highest BCUT2D eigenvalue weighted by atomic mass is 19.1. The molecule has 0 radical (unpaired) electrons. The number of ether oxygens (including phenoxy) is 1. The Bertz CT molecular complexity index is 1660. The lowest BCUT2D eigenvalue weighted by Crippen LogP contribution is -2.40. The number of carbonyl (C=O) groups is 2. The van der Waals surface area contributed by atoms with Crippen LogP contribution in [0.15, 0.2) is 72.7 Å². The van der Waals surface area contributed by atoms with Crippen molar-refractivity contribution in [3.8, 4) is 34.5 Å². The van der Waals surface area contributed by atoms with Gasteiger partial charge in [0.15, 0.2) is 0 Å². The highest BCUT2D eigenvalue weighted by Gasteiger charge is 2.25. The van der Waals surface area contributed by atoms with Crippen LogP contribution in [0, 0.1) is 17.7 Å². The fourth-order valence-corrected chi connectivity index (χ4v) is 4.87. The van der Waals surface area contributed by atoms with Crippen LogP contribution in [0.4, 0.5) is 10.2 Å². The smallest absolute Gasteiger partial charge is 0.314 e. The molecular weight excluding hydrogens is 511 g/mol. The molecule has 0 saturated heterocycles. The maximum atomic E-state index is 15.4. The van der Waals surface area contributed by atoms with Crippen LogP contribution in [0.2, 0.25) is 0 Å². The van der Waals surface area contributed by atoms with Gasteiger partial charge >= 0.3 is 5.91 Å². The number of nitrogen functional groups attached to an aromatic ring is 1. The molecule has 5 rings (SSSR count). The number of carbonyl (C=O) groups excluding carboxylic acids is 2. The lowest BCUT2D eigenvalue weighted by Gasteiger charge is -2.25. The molecule has 202 valence electrons. The van der Waals surface area contributed by atoms with Crippen molar-refractivity contribution >= 4 is 28.7 Å². The lowest BCUT2D eigenvalue weighted by molar-refractivity contribution is -0.123. The highest BCUT2D eigenvalue weighted by Crippen LogP contribution is 2.40. The van der Waals surface area contributed by atoms with Crippen molar-refractivity contribution in [1.29, 1.82) is 0 Å². The lowest BCUT2D eigenvalue weighted by atomic mass is 9.90. The molecule has 2 amide bonds. The zero-order valence-electron chi connectivity index (χ0n) is 21.8. The standard InChI is InChI=1S/C30H27FN6O3/c1-2-6-26(38)35-36-27(39)15-19-9-11-20(12-10-19)37-17-24(28-29(32)33-18-34-30(28)37)23-14-13-22(16-25(23)31)40-21-7-4-3-5-8-21/h3-5,7-8,13-18,20H,9-12H2,1H3,(H,35,38)(H,36,39)(H2,32,33,34). The number of hydrazine groups is 1. The van der Waals surface area contributed by atoms with Crippen molar-refractivity contribution in [1.82, 2.24) is 25.4 Å². The predicted octanol–water partition coefficient (Wildman–Crippen LogP) is 4.82. The van der Waals surface area contributed by atoms with Crippen LogP contribution in [-0.4, -0.2) is 26.3 Å². The van der Waals surface area contributed by atoms with E-state index in [0.29, 0.717) is 46.5 Å². The molecule has 0 spiro atoms. The molecule has 0 unspecified atom stereocenters. The van der Waals surface area contributed by atoms with E-state index in [-0.39, 0.29) is 11.9 Å². The fourth-order valence-electron chi connectivity index (χ4n) is 4.87. The number of nitrogens with two attached hydrogens (primary N) is 1. The predicted molar refractivity (Wildman–Crippen MR) is 149 cm³/mol. The third kappa shape index (κ3) is 5.78. The van der Waals surface area contributed by atoms with Crippen LogP contribution < -0.4 is 21.3 Å². The van der Waals surface area contributed by atoms with E-state index in [4.69, 9.17) is 10.5 Å². The van der Waals surface area contributed by atoms with Gasteiger partial charge in [0.2, 0.25) is 0 Å². The summed E-state index contributed by atoms with van der Waals surface area (Å²) in [7, 11) is 0. The minimum Gasteiger partial charge on any atom is -0.457 e. The second-order valence-corrected chi connectivity index (χ2v) is 9.32. The van der Waals surface area contributed by atoms with Gasteiger partial charge in [-0.1, -0.05) is 29.7 Å².